The van der Waals surface area contributed by atoms with Crippen LogP contribution in [0, 0.1) is 16.7 Å². The van der Waals surface area contributed by atoms with Gasteiger partial charge in [0.15, 0.2) is 11.5 Å². The highest BCUT2D eigenvalue weighted by Gasteiger charge is 2.63. The number of benzene rings is 1. The Morgan fingerprint density at radius 3 is 2.57 bits per heavy atom. The van der Waals surface area contributed by atoms with Gasteiger partial charge in [0.25, 0.3) is 5.91 Å². The van der Waals surface area contributed by atoms with Crippen LogP contribution in [0.1, 0.15) is 69.7 Å². The molecule has 4 rings (SSSR count). The van der Waals surface area contributed by atoms with Crippen LogP contribution >= 0.6 is 0 Å². The number of carbonyl (C=O) groups is 3. The molecule has 2 aliphatic carbocycles. The second-order valence-corrected chi connectivity index (χ2v) is 11.0. The highest BCUT2D eigenvalue weighted by Crippen LogP contribution is 2.66. The molecule has 4 unspecified atom stereocenters. The molecule has 1 saturated heterocycles. The Morgan fingerprint density at radius 1 is 1.23 bits per heavy atom. The summed E-state index contributed by atoms with van der Waals surface area (Å²) in [5.41, 5.74) is 0.160. The van der Waals surface area contributed by atoms with Crippen LogP contribution in [0.3, 0.4) is 0 Å². The minimum Gasteiger partial charge on any atom is -0.504 e. The molecule has 1 aromatic carbocycles. The molecule has 8 heteroatoms. The number of hydrogen-bond acceptors (Lipinski definition) is 6. The molecule has 190 valence electrons. The van der Waals surface area contributed by atoms with Crippen LogP contribution in [0.25, 0.3) is 0 Å². The van der Waals surface area contributed by atoms with E-state index in [0.717, 1.165) is 25.3 Å². The standard InChI is InChI=1S/C27H36N2O6/c1-5-7-18(28-23(32)16-9-10-20(30)21(31)14-16)24(33)29-13-6-8-19(29)25(34)35-22-15-17-11-12-27(22,4)26(17,2)3/h5,9-10,14,17-19,22,30-31H,1,6-8,11-13,15H2,2-4H3,(H,28,32)/t17-,18?,19?,22?,27?/m0/s1. The summed E-state index contributed by atoms with van der Waals surface area (Å²) in [4.78, 5) is 40.9. The summed E-state index contributed by atoms with van der Waals surface area (Å²) in [6.07, 6.45) is 5.85. The van der Waals surface area contributed by atoms with E-state index < -0.39 is 23.7 Å². The Balaban J connectivity index is 1.44. The van der Waals surface area contributed by atoms with Crippen molar-refractivity contribution < 1.29 is 29.3 Å². The normalized spacial score (nSPS) is 29.6. The first-order valence-electron chi connectivity index (χ1n) is 12.4. The maximum absolute atomic E-state index is 13.4. The Morgan fingerprint density at radius 2 is 1.97 bits per heavy atom. The Hall–Kier alpha value is -3.03. The van der Waals surface area contributed by atoms with Crippen molar-refractivity contribution in [2.75, 3.05) is 6.54 Å². The summed E-state index contributed by atoms with van der Waals surface area (Å²) in [7, 11) is 0. The third-order valence-electron chi connectivity index (χ3n) is 9.02. The molecule has 2 saturated carbocycles. The molecule has 3 fully saturated rings. The molecule has 5 atom stereocenters. The van der Waals surface area contributed by atoms with E-state index in [9.17, 15) is 24.6 Å². The van der Waals surface area contributed by atoms with Crippen molar-refractivity contribution in [2.45, 2.75) is 77.5 Å². The molecule has 3 N–H and O–H groups in total. The smallest absolute Gasteiger partial charge is 0.329 e. The average molecular weight is 485 g/mol. The summed E-state index contributed by atoms with van der Waals surface area (Å²) in [5.74, 6) is -1.53. The van der Waals surface area contributed by atoms with Crippen molar-refractivity contribution in [3.63, 3.8) is 0 Å². The van der Waals surface area contributed by atoms with Gasteiger partial charge in [-0.15, -0.1) is 6.58 Å². The number of nitrogens with zero attached hydrogens (tertiary/aromatic N) is 1. The van der Waals surface area contributed by atoms with E-state index in [4.69, 9.17) is 4.74 Å². The number of carbonyl (C=O) groups excluding carboxylic acids is 3. The van der Waals surface area contributed by atoms with Gasteiger partial charge in [-0.05, 0) is 68.1 Å². The summed E-state index contributed by atoms with van der Waals surface area (Å²) >= 11 is 0. The molecule has 1 heterocycles. The number of hydrogen-bond donors (Lipinski definition) is 3. The van der Waals surface area contributed by atoms with Crippen LogP contribution in [-0.4, -0.2) is 57.6 Å². The molecular weight excluding hydrogens is 448 g/mol. The maximum Gasteiger partial charge on any atom is 0.329 e. The van der Waals surface area contributed by atoms with E-state index in [1.807, 2.05) is 0 Å². The SMILES string of the molecule is C=CCC(NC(=O)c1ccc(O)c(O)c1)C(=O)N1CCCC1C(=O)OC1C[C@@H]2CCC1(C)C2(C)C. The molecule has 3 aliphatic rings. The summed E-state index contributed by atoms with van der Waals surface area (Å²) in [6, 6.07) is 2.11. The number of ether oxygens (including phenoxy) is 1. The van der Waals surface area contributed by atoms with E-state index in [2.05, 4.69) is 32.7 Å². The number of likely N-dealkylation sites (tertiary alicyclic amines) is 1. The lowest BCUT2D eigenvalue weighted by molar-refractivity contribution is -0.165. The van der Waals surface area contributed by atoms with Gasteiger partial charge in [-0.1, -0.05) is 26.8 Å². The van der Waals surface area contributed by atoms with Gasteiger partial charge in [0.05, 0.1) is 0 Å². The monoisotopic (exact) mass is 484 g/mol. The van der Waals surface area contributed by atoms with Crippen molar-refractivity contribution in [3.05, 3.63) is 36.4 Å². The second kappa shape index (κ2) is 9.21. The molecule has 0 spiro atoms. The number of aromatic hydroxyl groups is 2. The van der Waals surface area contributed by atoms with Gasteiger partial charge in [0.1, 0.15) is 18.2 Å². The number of amides is 2. The molecular formula is C27H36N2O6. The highest BCUT2D eigenvalue weighted by molar-refractivity contribution is 5.98. The third-order valence-corrected chi connectivity index (χ3v) is 9.02. The van der Waals surface area contributed by atoms with Crippen LogP contribution in [0.2, 0.25) is 0 Å². The van der Waals surface area contributed by atoms with Crippen molar-refractivity contribution in [3.8, 4) is 11.5 Å². The van der Waals surface area contributed by atoms with Crippen LogP contribution < -0.4 is 5.32 Å². The molecule has 2 amide bonds. The number of rotatable bonds is 7. The van der Waals surface area contributed by atoms with Crippen LogP contribution in [0.5, 0.6) is 11.5 Å². The molecule has 0 radical (unpaired) electrons. The van der Waals surface area contributed by atoms with E-state index in [1.54, 1.807) is 6.08 Å². The number of phenolic OH excluding ortho intramolecular Hbond substituents is 2. The van der Waals surface area contributed by atoms with Gasteiger partial charge in [-0.3, -0.25) is 9.59 Å². The molecule has 1 aromatic rings. The van der Waals surface area contributed by atoms with Crippen molar-refractivity contribution in [1.82, 2.24) is 10.2 Å². The largest absolute Gasteiger partial charge is 0.504 e. The van der Waals surface area contributed by atoms with Crippen LogP contribution in [0.15, 0.2) is 30.9 Å². The zero-order chi connectivity index (χ0) is 25.5. The molecule has 1 aliphatic heterocycles. The first-order valence-corrected chi connectivity index (χ1v) is 12.4. The van der Waals surface area contributed by atoms with Gasteiger partial charge in [0, 0.05) is 17.5 Å². The minimum atomic E-state index is -0.914. The number of esters is 1. The van der Waals surface area contributed by atoms with E-state index in [1.165, 1.54) is 17.0 Å². The topological polar surface area (TPSA) is 116 Å². The van der Waals surface area contributed by atoms with Gasteiger partial charge in [0.2, 0.25) is 5.91 Å². The van der Waals surface area contributed by atoms with Crippen molar-refractivity contribution >= 4 is 17.8 Å². The van der Waals surface area contributed by atoms with Gasteiger partial charge in [-0.2, -0.15) is 0 Å². The lowest BCUT2D eigenvalue weighted by atomic mass is 9.70. The predicted octanol–water partition coefficient (Wildman–Crippen LogP) is 3.52. The fraction of sp³-hybridized carbons (Fsp3) is 0.593. The Kier molecular flexibility index (Phi) is 6.60. The van der Waals surface area contributed by atoms with E-state index >= 15 is 0 Å². The van der Waals surface area contributed by atoms with Crippen molar-refractivity contribution in [1.29, 1.82) is 0 Å². The quantitative estimate of drug-likeness (QED) is 0.310. The Labute approximate surface area is 206 Å². The summed E-state index contributed by atoms with van der Waals surface area (Å²) in [5, 5.41) is 21.9. The molecule has 35 heavy (non-hydrogen) atoms. The van der Waals surface area contributed by atoms with Gasteiger partial charge in [-0.25, -0.2) is 4.79 Å². The van der Waals surface area contributed by atoms with Crippen LogP contribution in [-0.2, 0) is 14.3 Å². The molecule has 2 bridgehead atoms. The Bertz CT molecular complexity index is 1040. The van der Waals surface area contributed by atoms with E-state index in [-0.39, 0.29) is 46.5 Å². The number of nitrogens with one attached hydrogen (secondary N) is 1. The average Bonchev–Trinajstić information content (AvgIpc) is 3.43. The van der Waals surface area contributed by atoms with Crippen molar-refractivity contribution in [2.24, 2.45) is 16.7 Å². The lowest BCUT2D eigenvalue weighted by Crippen LogP contribution is -2.52. The zero-order valence-corrected chi connectivity index (χ0v) is 20.8. The minimum absolute atomic E-state index is 0.0597. The number of phenols is 2. The fourth-order valence-electron chi connectivity index (χ4n) is 6.30. The maximum atomic E-state index is 13.4. The van der Waals surface area contributed by atoms with E-state index in [0.29, 0.717) is 25.3 Å². The first kappa shape index (κ1) is 25.1. The summed E-state index contributed by atoms with van der Waals surface area (Å²) in [6.45, 7) is 10.9. The lowest BCUT2D eigenvalue weighted by Gasteiger charge is -2.39. The number of fused-ring (bicyclic) bond motifs is 2. The first-order chi connectivity index (χ1) is 16.5. The summed E-state index contributed by atoms with van der Waals surface area (Å²) < 4.78 is 6.07. The second-order valence-electron chi connectivity index (χ2n) is 11.0. The highest BCUT2D eigenvalue weighted by atomic mass is 16.5. The predicted molar refractivity (Wildman–Crippen MR) is 130 cm³/mol. The van der Waals surface area contributed by atoms with Gasteiger partial charge < -0.3 is 25.2 Å². The zero-order valence-electron chi connectivity index (χ0n) is 20.8. The molecule has 8 nitrogen and oxygen atoms in total. The third kappa shape index (κ3) is 4.28. The molecule has 0 aromatic heterocycles. The van der Waals surface area contributed by atoms with Crippen LogP contribution in [0.4, 0.5) is 0 Å². The fourth-order valence-corrected chi connectivity index (χ4v) is 6.30. The van der Waals surface area contributed by atoms with Gasteiger partial charge >= 0.3 is 5.97 Å².